The first-order valence-electron chi connectivity index (χ1n) is 11.3. The van der Waals surface area contributed by atoms with E-state index in [0.29, 0.717) is 29.6 Å². The van der Waals surface area contributed by atoms with Crippen LogP contribution in [0, 0.1) is 10.1 Å². The lowest BCUT2D eigenvalue weighted by atomic mass is 9.71. The molecule has 0 saturated carbocycles. The lowest BCUT2D eigenvalue weighted by molar-refractivity contribution is -0.386. The van der Waals surface area contributed by atoms with Crippen LogP contribution in [0.2, 0.25) is 0 Å². The van der Waals surface area contributed by atoms with Crippen molar-refractivity contribution >= 4 is 17.3 Å². The predicted octanol–water partition coefficient (Wildman–Crippen LogP) is 4.52. The zero-order chi connectivity index (χ0) is 23.0. The SMILES string of the molecule is CCCN1C2=C(C(=O)CCC2)C(c2cc(OCC)c(O)c([N+](=O)[O-])c2)C2=C1CCCC2=O. The first kappa shape index (κ1) is 22.0. The molecular formula is C24H28N2O6. The Hall–Kier alpha value is -3.16. The number of nitro groups is 1. The number of nitrogens with zero attached hydrogens (tertiary/aromatic N) is 2. The second-order valence-electron chi connectivity index (χ2n) is 8.44. The molecule has 0 spiro atoms. The van der Waals surface area contributed by atoms with Crippen molar-refractivity contribution in [2.75, 3.05) is 13.2 Å². The molecule has 0 atom stereocenters. The summed E-state index contributed by atoms with van der Waals surface area (Å²) in [7, 11) is 0. The Bertz CT molecular complexity index is 1010. The highest BCUT2D eigenvalue weighted by Gasteiger charge is 2.43. The van der Waals surface area contributed by atoms with Crippen molar-refractivity contribution in [3.63, 3.8) is 0 Å². The number of ketones is 2. The minimum absolute atomic E-state index is 0.0106. The van der Waals surface area contributed by atoms with Crippen LogP contribution in [-0.2, 0) is 9.59 Å². The second-order valence-corrected chi connectivity index (χ2v) is 8.44. The van der Waals surface area contributed by atoms with Crippen LogP contribution in [0.3, 0.4) is 0 Å². The Labute approximate surface area is 186 Å². The maximum Gasteiger partial charge on any atom is 0.314 e. The fourth-order valence-electron chi connectivity index (χ4n) is 5.23. The van der Waals surface area contributed by atoms with Crippen molar-refractivity contribution < 1.29 is 24.4 Å². The average molecular weight is 440 g/mol. The van der Waals surface area contributed by atoms with Crippen LogP contribution in [0.15, 0.2) is 34.7 Å². The molecular weight excluding hydrogens is 412 g/mol. The van der Waals surface area contributed by atoms with E-state index in [0.717, 1.165) is 50.0 Å². The quantitative estimate of drug-likeness (QED) is 0.511. The molecule has 8 heteroatoms. The number of ether oxygens (including phenoxy) is 1. The molecule has 0 saturated heterocycles. The summed E-state index contributed by atoms with van der Waals surface area (Å²) in [6, 6.07) is 2.84. The highest BCUT2D eigenvalue weighted by molar-refractivity contribution is 6.06. The van der Waals surface area contributed by atoms with E-state index in [1.165, 1.54) is 6.07 Å². The highest BCUT2D eigenvalue weighted by atomic mass is 16.6. The minimum atomic E-state index is -0.674. The largest absolute Gasteiger partial charge is 0.500 e. The molecule has 8 nitrogen and oxygen atoms in total. The monoisotopic (exact) mass is 440 g/mol. The summed E-state index contributed by atoms with van der Waals surface area (Å²) >= 11 is 0. The Balaban J connectivity index is 2.00. The number of benzene rings is 1. The number of hydrogen-bond donors (Lipinski definition) is 1. The van der Waals surface area contributed by atoms with E-state index in [1.807, 2.05) is 0 Å². The summed E-state index contributed by atoms with van der Waals surface area (Å²) < 4.78 is 5.48. The maximum atomic E-state index is 13.2. The zero-order valence-electron chi connectivity index (χ0n) is 18.5. The third-order valence-electron chi connectivity index (χ3n) is 6.44. The van der Waals surface area contributed by atoms with Crippen molar-refractivity contribution in [1.82, 2.24) is 4.90 Å². The highest BCUT2D eigenvalue weighted by Crippen LogP contribution is 2.51. The van der Waals surface area contributed by atoms with Gasteiger partial charge < -0.3 is 14.7 Å². The van der Waals surface area contributed by atoms with Crippen molar-refractivity contribution in [3.8, 4) is 11.5 Å². The molecule has 1 aromatic carbocycles. The Kier molecular flexibility index (Phi) is 6.04. The molecule has 0 amide bonds. The molecule has 4 rings (SSSR count). The van der Waals surface area contributed by atoms with E-state index in [4.69, 9.17) is 4.74 Å². The summed E-state index contributed by atoms with van der Waals surface area (Å²) in [6.07, 6.45) is 4.64. The van der Waals surface area contributed by atoms with Gasteiger partial charge in [0.15, 0.2) is 17.3 Å². The van der Waals surface area contributed by atoms with Gasteiger partial charge >= 0.3 is 5.69 Å². The number of allylic oxidation sites excluding steroid dienone is 4. The average Bonchev–Trinajstić information content (AvgIpc) is 2.76. The van der Waals surface area contributed by atoms with Crippen LogP contribution in [-0.4, -0.2) is 39.6 Å². The Morgan fingerprint density at radius 3 is 2.16 bits per heavy atom. The first-order chi connectivity index (χ1) is 15.4. The van der Waals surface area contributed by atoms with Crippen LogP contribution >= 0.6 is 0 Å². The molecule has 1 aliphatic heterocycles. The molecule has 0 fully saturated rings. The molecule has 0 unspecified atom stereocenters. The number of phenols is 1. The Morgan fingerprint density at radius 1 is 1.06 bits per heavy atom. The van der Waals surface area contributed by atoms with Gasteiger partial charge in [-0.05, 0) is 50.7 Å². The van der Waals surface area contributed by atoms with Gasteiger partial charge in [0, 0.05) is 53.9 Å². The second kappa shape index (κ2) is 8.76. The van der Waals surface area contributed by atoms with Crippen molar-refractivity contribution in [1.29, 1.82) is 0 Å². The molecule has 1 N–H and O–H groups in total. The minimum Gasteiger partial charge on any atom is -0.500 e. The molecule has 170 valence electrons. The maximum absolute atomic E-state index is 13.2. The number of nitro benzene ring substituents is 1. The number of hydrogen-bond acceptors (Lipinski definition) is 7. The van der Waals surface area contributed by atoms with Gasteiger partial charge in [-0.15, -0.1) is 0 Å². The summed E-state index contributed by atoms with van der Waals surface area (Å²) in [5.41, 5.74) is 2.98. The van der Waals surface area contributed by atoms with Crippen molar-refractivity contribution in [2.24, 2.45) is 0 Å². The molecule has 0 aromatic heterocycles. The van der Waals surface area contributed by atoms with Gasteiger partial charge in [-0.2, -0.15) is 0 Å². The standard InChI is InChI=1S/C24H28N2O6/c1-3-11-25-15-7-5-9-18(27)22(15)21(23-16(25)8-6-10-19(23)28)14-12-17(26(30)31)24(29)20(13-14)32-4-2/h12-13,21,29H,3-11H2,1-2H3. The number of phenolic OH excluding ortho intramolecular Hbond substituents is 1. The summed E-state index contributed by atoms with van der Waals surface area (Å²) in [4.78, 5) is 39.6. The Morgan fingerprint density at radius 2 is 1.66 bits per heavy atom. The first-order valence-corrected chi connectivity index (χ1v) is 11.3. The fourth-order valence-corrected chi connectivity index (χ4v) is 5.23. The van der Waals surface area contributed by atoms with Gasteiger partial charge in [0.2, 0.25) is 5.75 Å². The number of carbonyl (C=O) groups excluding carboxylic acids is 2. The molecule has 32 heavy (non-hydrogen) atoms. The lowest BCUT2D eigenvalue weighted by Crippen LogP contribution is -2.39. The van der Waals surface area contributed by atoms with Gasteiger partial charge in [-0.3, -0.25) is 19.7 Å². The topological polar surface area (TPSA) is 110 Å². The number of rotatable bonds is 6. The van der Waals surface area contributed by atoms with E-state index in [1.54, 1.807) is 13.0 Å². The third-order valence-corrected chi connectivity index (χ3v) is 6.44. The number of aromatic hydroxyl groups is 1. The van der Waals surface area contributed by atoms with E-state index < -0.39 is 22.3 Å². The molecule has 3 aliphatic rings. The predicted molar refractivity (Wildman–Crippen MR) is 117 cm³/mol. The van der Waals surface area contributed by atoms with E-state index in [-0.39, 0.29) is 23.9 Å². The molecule has 2 aliphatic carbocycles. The van der Waals surface area contributed by atoms with Gasteiger partial charge in [0.25, 0.3) is 0 Å². The molecule has 0 bridgehead atoms. The van der Waals surface area contributed by atoms with Crippen LogP contribution in [0.4, 0.5) is 5.69 Å². The van der Waals surface area contributed by atoms with Gasteiger partial charge in [-0.1, -0.05) is 6.92 Å². The van der Waals surface area contributed by atoms with Crippen LogP contribution in [0.25, 0.3) is 0 Å². The van der Waals surface area contributed by atoms with Crippen molar-refractivity contribution in [2.45, 2.75) is 64.7 Å². The summed E-state index contributed by atoms with van der Waals surface area (Å²) in [5.74, 6) is -1.26. The normalized spacial score (nSPS) is 19.2. The number of Topliss-reactive ketones (excluding diaryl/α,β-unsaturated/α-hetero) is 2. The van der Waals surface area contributed by atoms with Gasteiger partial charge in [0.05, 0.1) is 11.5 Å². The van der Waals surface area contributed by atoms with E-state index in [9.17, 15) is 24.8 Å². The summed E-state index contributed by atoms with van der Waals surface area (Å²) in [6.45, 7) is 4.73. The smallest absolute Gasteiger partial charge is 0.314 e. The van der Waals surface area contributed by atoms with Gasteiger partial charge in [-0.25, -0.2) is 0 Å². The molecule has 1 heterocycles. The van der Waals surface area contributed by atoms with Crippen LogP contribution < -0.4 is 4.74 Å². The van der Waals surface area contributed by atoms with Crippen LogP contribution in [0.1, 0.15) is 70.3 Å². The van der Waals surface area contributed by atoms with E-state index in [2.05, 4.69) is 11.8 Å². The number of carbonyl (C=O) groups is 2. The molecule has 0 radical (unpaired) electrons. The summed E-state index contributed by atoms with van der Waals surface area (Å²) in [5, 5.41) is 22.0. The van der Waals surface area contributed by atoms with E-state index >= 15 is 0 Å². The zero-order valence-corrected chi connectivity index (χ0v) is 18.5. The lowest BCUT2D eigenvalue weighted by Gasteiger charge is -2.44. The fraction of sp³-hybridized carbons (Fsp3) is 0.500. The van der Waals surface area contributed by atoms with Crippen molar-refractivity contribution in [3.05, 3.63) is 50.4 Å². The third kappa shape index (κ3) is 3.57. The van der Waals surface area contributed by atoms with Gasteiger partial charge in [0.1, 0.15) is 0 Å². The van der Waals surface area contributed by atoms with Crippen LogP contribution in [0.5, 0.6) is 11.5 Å². The molecule has 1 aromatic rings.